The Morgan fingerprint density at radius 2 is 2.14 bits per heavy atom. The number of carbonyl (C=O) groups is 2. The Kier molecular flexibility index (Phi) is 3.75. The van der Waals surface area contributed by atoms with Crippen molar-refractivity contribution in [2.24, 2.45) is 0 Å². The first kappa shape index (κ1) is 14.4. The molecule has 1 aliphatic heterocycles. The minimum Gasteiger partial charge on any atom is -0.464 e. The van der Waals surface area contributed by atoms with Gasteiger partial charge in [0.15, 0.2) is 0 Å². The Morgan fingerprint density at radius 3 is 2.82 bits per heavy atom. The van der Waals surface area contributed by atoms with Crippen LogP contribution >= 0.6 is 0 Å². The second kappa shape index (κ2) is 5.71. The van der Waals surface area contributed by atoms with Crippen molar-refractivity contribution in [2.45, 2.75) is 32.4 Å². The summed E-state index contributed by atoms with van der Waals surface area (Å²) in [5.41, 5.74) is 1.80. The second-order valence-electron chi connectivity index (χ2n) is 5.44. The van der Waals surface area contributed by atoms with E-state index in [9.17, 15) is 9.59 Å². The number of para-hydroxylation sites is 1. The summed E-state index contributed by atoms with van der Waals surface area (Å²) in [6.07, 6.45) is 0.504. The van der Waals surface area contributed by atoms with Gasteiger partial charge in [0, 0.05) is 17.4 Å². The molecular formula is C16H18N2O4. The van der Waals surface area contributed by atoms with Crippen molar-refractivity contribution in [1.29, 1.82) is 0 Å². The third-order valence-electron chi connectivity index (χ3n) is 3.86. The summed E-state index contributed by atoms with van der Waals surface area (Å²) in [6, 6.07) is 6.47. The first-order valence-electron chi connectivity index (χ1n) is 7.28. The number of esters is 1. The van der Waals surface area contributed by atoms with Crippen LogP contribution in [0, 0.1) is 6.92 Å². The van der Waals surface area contributed by atoms with Crippen LogP contribution in [0.1, 0.15) is 30.7 Å². The average molecular weight is 302 g/mol. The quantitative estimate of drug-likeness (QED) is 0.853. The number of carbonyl (C=O) groups excluding carboxylic acids is 2. The lowest BCUT2D eigenvalue weighted by atomic mass is 10.1. The molecule has 2 amide bonds. The molecule has 2 aromatic rings. The fourth-order valence-electron chi connectivity index (χ4n) is 2.70. The molecule has 6 nitrogen and oxygen atoms in total. The van der Waals surface area contributed by atoms with E-state index < -0.39 is 12.1 Å². The standard InChI is InChI=1S/C16H18N2O4/c1-9-11-5-3-4-6-13(11)22-14(9)10(2)17-16(20)18-12-7-8-21-15(12)19/h3-6,10,12H,7-8H2,1-2H3,(H2,17,18,20)/t10-,12?/m0/s1. The van der Waals surface area contributed by atoms with E-state index in [0.29, 0.717) is 18.8 Å². The maximum absolute atomic E-state index is 12.0. The molecular weight excluding hydrogens is 284 g/mol. The molecule has 1 aromatic heterocycles. The molecule has 1 fully saturated rings. The van der Waals surface area contributed by atoms with Crippen molar-refractivity contribution >= 4 is 23.0 Å². The van der Waals surface area contributed by atoms with E-state index in [1.807, 2.05) is 38.1 Å². The van der Waals surface area contributed by atoms with Crippen molar-refractivity contribution in [3.8, 4) is 0 Å². The summed E-state index contributed by atoms with van der Waals surface area (Å²) in [5, 5.41) is 6.44. The minimum absolute atomic E-state index is 0.301. The molecule has 0 spiro atoms. The van der Waals surface area contributed by atoms with Gasteiger partial charge in [-0.05, 0) is 19.9 Å². The summed E-state index contributed by atoms with van der Waals surface area (Å²) >= 11 is 0. The molecule has 22 heavy (non-hydrogen) atoms. The number of rotatable bonds is 3. The first-order valence-corrected chi connectivity index (χ1v) is 7.28. The van der Waals surface area contributed by atoms with Crippen LogP contribution in [0.3, 0.4) is 0 Å². The Morgan fingerprint density at radius 1 is 1.36 bits per heavy atom. The van der Waals surface area contributed by atoms with Crippen LogP contribution in [0.5, 0.6) is 0 Å². The van der Waals surface area contributed by atoms with Crippen LogP contribution in [0.4, 0.5) is 4.79 Å². The van der Waals surface area contributed by atoms with Gasteiger partial charge < -0.3 is 19.8 Å². The highest BCUT2D eigenvalue weighted by Crippen LogP contribution is 2.29. The molecule has 0 aliphatic carbocycles. The molecule has 2 atom stereocenters. The van der Waals surface area contributed by atoms with E-state index in [2.05, 4.69) is 10.6 Å². The summed E-state index contributed by atoms with van der Waals surface area (Å²) in [5.74, 6) is 0.327. The molecule has 1 aliphatic rings. The molecule has 1 unspecified atom stereocenters. The molecule has 0 radical (unpaired) electrons. The van der Waals surface area contributed by atoms with Gasteiger partial charge in [0.25, 0.3) is 0 Å². The molecule has 2 heterocycles. The van der Waals surface area contributed by atoms with E-state index in [-0.39, 0.29) is 12.0 Å². The van der Waals surface area contributed by atoms with Gasteiger partial charge in [-0.2, -0.15) is 0 Å². The fourth-order valence-corrected chi connectivity index (χ4v) is 2.70. The van der Waals surface area contributed by atoms with Crippen LogP contribution in [-0.4, -0.2) is 24.6 Å². The zero-order valence-electron chi connectivity index (χ0n) is 12.5. The molecule has 6 heteroatoms. The van der Waals surface area contributed by atoms with Crippen LogP contribution in [0.25, 0.3) is 11.0 Å². The maximum atomic E-state index is 12.0. The lowest BCUT2D eigenvalue weighted by Crippen LogP contribution is -2.44. The monoisotopic (exact) mass is 302 g/mol. The third kappa shape index (κ3) is 2.64. The molecule has 2 N–H and O–H groups in total. The molecule has 1 saturated heterocycles. The van der Waals surface area contributed by atoms with Gasteiger partial charge in [-0.15, -0.1) is 0 Å². The van der Waals surface area contributed by atoms with E-state index in [0.717, 1.165) is 16.5 Å². The predicted octanol–water partition coefficient (Wildman–Crippen LogP) is 2.42. The highest BCUT2D eigenvalue weighted by Gasteiger charge is 2.28. The molecule has 3 rings (SSSR count). The van der Waals surface area contributed by atoms with Crippen molar-refractivity contribution in [1.82, 2.24) is 10.6 Å². The highest BCUT2D eigenvalue weighted by atomic mass is 16.5. The second-order valence-corrected chi connectivity index (χ2v) is 5.44. The van der Waals surface area contributed by atoms with Gasteiger partial charge in [-0.1, -0.05) is 18.2 Å². The number of benzene rings is 1. The zero-order valence-corrected chi connectivity index (χ0v) is 12.5. The molecule has 1 aromatic carbocycles. The number of cyclic esters (lactones) is 1. The lowest BCUT2D eigenvalue weighted by molar-refractivity contribution is -0.139. The van der Waals surface area contributed by atoms with Gasteiger partial charge in [-0.25, -0.2) is 9.59 Å². The number of amides is 2. The number of urea groups is 1. The fraction of sp³-hybridized carbons (Fsp3) is 0.375. The number of hydrogen-bond acceptors (Lipinski definition) is 4. The van der Waals surface area contributed by atoms with E-state index >= 15 is 0 Å². The largest absolute Gasteiger partial charge is 0.464 e. The number of aryl methyl sites for hydroxylation is 1. The highest BCUT2D eigenvalue weighted by molar-refractivity contribution is 5.85. The van der Waals surface area contributed by atoms with Crippen molar-refractivity contribution < 1.29 is 18.7 Å². The van der Waals surface area contributed by atoms with Crippen molar-refractivity contribution in [3.05, 3.63) is 35.6 Å². The third-order valence-corrected chi connectivity index (χ3v) is 3.86. The Labute approximate surface area is 127 Å². The molecule has 0 bridgehead atoms. The van der Waals surface area contributed by atoms with Crippen LogP contribution in [0.15, 0.2) is 28.7 Å². The SMILES string of the molecule is Cc1c([C@H](C)NC(=O)NC2CCOC2=O)oc2ccccc12. The van der Waals surface area contributed by atoms with Gasteiger partial charge in [0.2, 0.25) is 0 Å². The van der Waals surface area contributed by atoms with Gasteiger partial charge in [0.05, 0.1) is 12.6 Å². The normalized spacial score (nSPS) is 19.0. The smallest absolute Gasteiger partial charge is 0.328 e. The van der Waals surface area contributed by atoms with E-state index in [1.165, 1.54) is 0 Å². The lowest BCUT2D eigenvalue weighted by Gasteiger charge is -2.15. The summed E-state index contributed by atoms with van der Waals surface area (Å²) < 4.78 is 10.6. The topological polar surface area (TPSA) is 80.6 Å². The number of furan rings is 1. The Balaban J connectivity index is 1.70. The van der Waals surface area contributed by atoms with Crippen LogP contribution < -0.4 is 10.6 Å². The van der Waals surface area contributed by atoms with E-state index in [1.54, 1.807) is 0 Å². The maximum Gasteiger partial charge on any atom is 0.328 e. The van der Waals surface area contributed by atoms with Gasteiger partial charge in [0.1, 0.15) is 17.4 Å². The minimum atomic E-state index is -0.566. The van der Waals surface area contributed by atoms with Crippen molar-refractivity contribution in [3.63, 3.8) is 0 Å². The average Bonchev–Trinajstić information content (AvgIpc) is 3.04. The first-order chi connectivity index (χ1) is 10.6. The Bertz CT molecular complexity index is 722. The summed E-state index contributed by atoms with van der Waals surface area (Å²) in [4.78, 5) is 23.3. The zero-order chi connectivity index (χ0) is 15.7. The van der Waals surface area contributed by atoms with Crippen LogP contribution in [0.2, 0.25) is 0 Å². The Hall–Kier alpha value is -2.50. The van der Waals surface area contributed by atoms with Gasteiger partial charge in [-0.3, -0.25) is 0 Å². The number of fused-ring (bicyclic) bond motifs is 1. The van der Waals surface area contributed by atoms with E-state index in [4.69, 9.17) is 9.15 Å². The summed E-state index contributed by atoms with van der Waals surface area (Å²) in [6.45, 7) is 4.16. The number of nitrogens with one attached hydrogen (secondary N) is 2. The summed E-state index contributed by atoms with van der Waals surface area (Å²) in [7, 11) is 0. The van der Waals surface area contributed by atoms with Gasteiger partial charge >= 0.3 is 12.0 Å². The predicted molar refractivity (Wildman–Crippen MR) is 80.4 cm³/mol. The number of hydrogen-bond donors (Lipinski definition) is 2. The molecule has 0 saturated carbocycles. The van der Waals surface area contributed by atoms with Crippen LogP contribution in [-0.2, 0) is 9.53 Å². The number of ether oxygens (including phenoxy) is 1. The van der Waals surface area contributed by atoms with Crippen molar-refractivity contribution in [2.75, 3.05) is 6.61 Å². The molecule has 116 valence electrons.